The van der Waals surface area contributed by atoms with Gasteiger partial charge in [-0.3, -0.25) is 9.36 Å². The van der Waals surface area contributed by atoms with Crippen molar-refractivity contribution < 1.29 is 5.11 Å². The number of hydrogen-bond acceptors (Lipinski definition) is 4. The predicted molar refractivity (Wildman–Crippen MR) is 61.7 cm³/mol. The predicted octanol–water partition coefficient (Wildman–Crippen LogP) is 0.932. The van der Waals surface area contributed by atoms with E-state index in [9.17, 15) is 9.90 Å². The molecule has 0 fully saturated rings. The van der Waals surface area contributed by atoms with Gasteiger partial charge in [0.1, 0.15) is 5.75 Å². The molecule has 0 aliphatic heterocycles. The number of benzene rings is 1. The highest BCUT2D eigenvalue weighted by atomic mass is 35.5. The van der Waals surface area contributed by atoms with E-state index in [0.717, 1.165) is 0 Å². The zero-order valence-electron chi connectivity index (χ0n) is 8.57. The van der Waals surface area contributed by atoms with Crippen LogP contribution in [-0.2, 0) is 6.67 Å². The highest BCUT2D eigenvalue weighted by Gasteiger charge is 2.08. The molecule has 6 heteroatoms. The number of phenols is 1. The summed E-state index contributed by atoms with van der Waals surface area (Å²) in [6.45, 7) is 0.293. The van der Waals surface area contributed by atoms with Gasteiger partial charge in [0.15, 0.2) is 0 Å². The second-order valence-electron chi connectivity index (χ2n) is 3.33. The van der Waals surface area contributed by atoms with Crippen molar-refractivity contribution in [1.82, 2.24) is 14.9 Å². The van der Waals surface area contributed by atoms with Gasteiger partial charge in [0.2, 0.25) is 5.28 Å². The van der Waals surface area contributed by atoms with Crippen LogP contribution in [0, 0.1) is 0 Å². The Balaban J connectivity index is 2.78. The molecule has 0 unspecified atom stereocenters. The molecule has 2 N–H and O–H groups in total. The molecule has 5 nitrogen and oxygen atoms in total. The Labute approximate surface area is 96.3 Å². The summed E-state index contributed by atoms with van der Waals surface area (Å²) >= 11 is 5.87. The van der Waals surface area contributed by atoms with E-state index in [1.54, 1.807) is 7.05 Å². The summed E-state index contributed by atoms with van der Waals surface area (Å²) in [7, 11) is 1.71. The molecule has 0 aliphatic carbocycles. The van der Waals surface area contributed by atoms with Crippen molar-refractivity contribution in [3.8, 4) is 5.75 Å². The molecule has 0 amide bonds. The van der Waals surface area contributed by atoms with Crippen molar-refractivity contribution in [2.45, 2.75) is 6.67 Å². The quantitative estimate of drug-likeness (QED) is 0.766. The van der Waals surface area contributed by atoms with Gasteiger partial charge in [-0.15, -0.1) is 0 Å². The zero-order valence-corrected chi connectivity index (χ0v) is 9.32. The third-order valence-electron chi connectivity index (χ3n) is 2.21. The van der Waals surface area contributed by atoms with Gasteiger partial charge in [0.25, 0.3) is 5.56 Å². The van der Waals surface area contributed by atoms with Crippen LogP contribution in [0.3, 0.4) is 0 Å². The lowest BCUT2D eigenvalue weighted by Crippen LogP contribution is -2.27. The Morgan fingerprint density at radius 3 is 3.00 bits per heavy atom. The molecule has 0 aliphatic rings. The Kier molecular flexibility index (Phi) is 2.80. The summed E-state index contributed by atoms with van der Waals surface area (Å²) in [5.74, 6) is 0.0573. The average Bonchev–Trinajstić information content (AvgIpc) is 2.23. The zero-order chi connectivity index (χ0) is 11.7. The number of halogens is 1. The van der Waals surface area contributed by atoms with Gasteiger partial charge < -0.3 is 10.4 Å². The molecule has 16 heavy (non-hydrogen) atoms. The lowest BCUT2D eigenvalue weighted by atomic mass is 10.2. The van der Waals surface area contributed by atoms with Crippen LogP contribution in [0.5, 0.6) is 5.75 Å². The molecule has 2 rings (SSSR count). The normalized spacial score (nSPS) is 10.9. The van der Waals surface area contributed by atoms with E-state index in [1.807, 2.05) is 0 Å². The van der Waals surface area contributed by atoms with E-state index in [0.29, 0.717) is 17.6 Å². The molecule has 0 saturated heterocycles. The topological polar surface area (TPSA) is 67.2 Å². The monoisotopic (exact) mass is 239 g/mol. The maximum absolute atomic E-state index is 12.0. The minimum Gasteiger partial charge on any atom is -0.508 e. The molecule has 84 valence electrons. The van der Waals surface area contributed by atoms with Crippen LogP contribution >= 0.6 is 11.6 Å². The van der Waals surface area contributed by atoms with Crippen LogP contribution in [0.2, 0.25) is 5.28 Å². The van der Waals surface area contributed by atoms with Gasteiger partial charge in [-0.1, -0.05) is 0 Å². The maximum Gasteiger partial charge on any atom is 0.263 e. The number of fused-ring (bicyclic) bond motifs is 1. The fraction of sp³-hybridized carbons (Fsp3) is 0.200. The molecule has 2 aromatic rings. The fourth-order valence-corrected chi connectivity index (χ4v) is 1.71. The average molecular weight is 240 g/mol. The van der Waals surface area contributed by atoms with Crippen LogP contribution in [0.25, 0.3) is 10.9 Å². The van der Waals surface area contributed by atoms with E-state index in [1.165, 1.54) is 22.8 Å². The van der Waals surface area contributed by atoms with E-state index in [2.05, 4.69) is 10.3 Å². The van der Waals surface area contributed by atoms with E-state index >= 15 is 0 Å². The number of rotatable bonds is 2. The highest BCUT2D eigenvalue weighted by molar-refractivity contribution is 6.28. The Morgan fingerprint density at radius 1 is 1.56 bits per heavy atom. The second kappa shape index (κ2) is 4.11. The van der Waals surface area contributed by atoms with Gasteiger partial charge in [0.05, 0.1) is 17.6 Å². The van der Waals surface area contributed by atoms with Gasteiger partial charge in [-0.2, -0.15) is 0 Å². The van der Waals surface area contributed by atoms with Gasteiger partial charge in [0, 0.05) is 6.07 Å². The Hall–Kier alpha value is -1.59. The van der Waals surface area contributed by atoms with Crippen LogP contribution in [0.1, 0.15) is 0 Å². The number of phenolic OH excluding ortho intramolecular Hbond substituents is 1. The number of nitrogens with zero attached hydrogens (tertiary/aromatic N) is 2. The summed E-state index contributed by atoms with van der Waals surface area (Å²) in [6, 6.07) is 4.39. The van der Waals surface area contributed by atoms with E-state index < -0.39 is 0 Å². The Morgan fingerprint density at radius 2 is 2.31 bits per heavy atom. The summed E-state index contributed by atoms with van der Waals surface area (Å²) in [6.07, 6.45) is 0. The summed E-state index contributed by atoms with van der Waals surface area (Å²) in [4.78, 5) is 16.0. The first-order valence-electron chi connectivity index (χ1n) is 4.67. The van der Waals surface area contributed by atoms with Crippen molar-refractivity contribution in [1.29, 1.82) is 0 Å². The largest absolute Gasteiger partial charge is 0.508 e. The van der Waals surface area contributed by atoms with E-state index in [4.69, 9.17) is 11.6 Å². The Bertz CT molecular complexity index is 594. The summed E-state index contributed by atoms with van der Waals surface area (Å²) in [5, 5.41) is 12.6. The molecule has 0 saturated carbocycles. The van der Waals surface area contributed by atoms with Crippen LogP contribution in [-0.4, -0.2) is 21.7 Å². The minimum absolute atomic E-state index is 0.0573. The van der Waals surface area contributed by atoms with Gasteiger partial charge in [-0.25, -0.2) is 4.98 Å². The number of aromatic hydroxyl groups is 1. The van der Waals surface area contributed by atoms with Crippen LogP contribution in [0.15, 0.2) is 23.0 Å². The van der Waals surface area contributed by atoms with E-state index in [-0.39, 0.29) is 16.6 Å². The molecule has 1 aromatic heterocycles. The molecule has 0 spiro atoms. The first-order chi connectivity index (χ1) is 7.63. The standard InChI is InChI=1S/C10H10ClN3O2/c1-12-5-14-9(16)7-3-2-6(15)4-8(7)13-10(14)11/h2-4,12,15H,5H2,1H3. The van der Waals surface area contributed by atoms with Crippen molar-refractivity contribution in [2.24, 2.45) is 0 Å². The molecule has 0 radical (unpaired) electrons. The fourth-order valence-electron chi connectivity index (χ4n) is 1.48. The summed E-state index contributed by atoms with van der Waals surface area (Å²) < 4.78 is 1.32. The van der Waals surface area contributed by atoms with Crippen molar-refractivity contribution in [2.75, 3.05) is 7.05 Å². The number of aromatic nitrogens is 2. The second-order valence-corrected chi connectivity index (χ2v) is 3.67. The van der Waals surface area contributed by atoms with Gasteiger partial charge in [-0.05, 0) is 30.8 Å². The molecule has 1 heterocycles. The molecule has 1 aromatic carbocycles. The van der Waals surface area contributed by atoms with Crippen LogP contribution in [0.4, 0.5) is 0 Å². The third-order valence-corrected chi connectivity index (χ3v) is 2.50. The first-order valence-corrected chi connectivity index (χ1v) is 5.05. The van der Waals surface area contributed by atoms with Crippen LogP contribution < -0.4 is 10.9 Å². The van der Waals surface area contributed by atoms with Crippen molar-refractivity contribution in [3.63, 3.8) is 0 Å². The maximum atomic E-state index is 12.0. The highest BCUT2D eigenvalue weighted by Crippen LogP contribution is 2.17. The number of hydrogen-bond donors (Lipinski definition) is 2. The number of nitrogens with one attached hydrogen (secondary N) is 1. The molecule has 0 bridgehead atoms. The lowest BCUT2D eigenvalue weighted by molar-refractivity contribution is 0.476. The first kappa shape index (κ1) is 10.9. The third kappa shape index (κ3) is 1.75. The van der Waals surface area contributed by atoms with Crippen molar-refractivity contribution >= 4 is 22.5 Å². The SMILES string of the molecule is CNCn1c(Cl)nc2cc(O)ccc2c1=O. The molecular weight excluding hydrogens is 230 g/mol. The smallest absolute Gasteiger partial charge is 0.263 e. The van der Waals surface area contributed by atoms with Gasteiger partial charge >= 0.3 is 0 Å². The van der Waals surface area contributed by atoms with Crippen molar-refractivity contribution in [3.05, 3.63) is 33.8 Å². The lowest BCUT2D eigenvalue weighted by Gasteiger charge is -2.08. The summed E-state index contributed by atoms with van der Waals surface area (Å²) in [5.41, 5.74) is 0.159. The minimum atomic E-state index is -0.232. The molecule has 0 atom stereocenters. The molecular formula is C10H10ClN3O2.